The van der Waals surface area contributed by atoms with Gasteiger partial charge < -0.3 is 15.3 Å². The van der Waals surface area contributed by atoms with Gasteiger partial charge in [-0.25, -0.2) is 0 Å². The van der Waals surface area contributed by atoms with Crippen molar-refractivity contribution in [3.05, 3.63) is 29.3 Å². The Morgan fingerprint density at radius 2 is 2.12 bits per heavy atom. The standard InChI is InChI=1S/C11H11NO4/c12-5-4-9(14)11(16)8-3-1-2-7(6-13)10(8)15/h1-3,6,9,11,14-16H,4H2. The van der Waals surface area contributed by atoms with E-state index in [9.17, 15) is 20.1 Å². The first-order chi connectivity index (χ1) is 7.61. The summed E-state index contributed by atoms with van der Waals surface area (Å²) in [6.07, 6.45) is -2.49. The van der Waals surface area contributed by atoms with Crippen LogP contribution in [-0.4, -0.2) is 27.7 Å². The molecule has 0 radical (unpaired) electrons. The van der Waals surface area contributed by atoms with Crippen molar-refractivity contribution in [2.45, 2.75) is 18.6 Å². The van der Waals surface area contributed by atoms with Gasteiger partial charge in [0.25, 0.3) is 0 Å². The van der Waals surface area contributed by atoms with Crippen LogP contribution >= 0.6 is 0 Å². The Labute approximate surface area is 92.2 Å². The Balaban J connectivity index is 3.04. The summed E-state index contributed by atoms with van der Waals surface area (Å²) in [4.78, 5) is 10.5. The summed E-state index contributed by atoms with van der Waals surface area (Å²) >= 11 is 0. The highest BCUT2D eigenvalue weighted by atomic mass is 16.3. The van der Waals surface area contributed by atoms with Crippen molar-refractivity contribution in [3.63, 3.8) is 0 Å². The second-order valence-corrected chi connectivity index (χ2v) is 3.28. The molecule has 0 heterocycles. The zero-order valence-electron chi connectivity index (χ0n) is 8.37. The number of aldehydes is 1. The van der Waals surface area contributed by atoms with E-state index in [2.05, 4.69) is 0 Å². The minimum atomic E-state index is -1.39. The number of nitrogens with zero attached hydrogens (tertiary/aromatic N) is 1. The van der Waals surface area contributed by atoms with Crippen molar-refractivity contribution in [1.29, 1.82) is 5.26 Å². The second-order valence-electron chi connectivity index (χ2n) is 3.28. The number of rotatable bonds is 4. The van der Waals surface area contributed by atoms with Crippen LogP contribution in [0.15, 0.2) is 18.2 Å². The molecule has 1 rings (SSSR count). The van der Waals surface area contributed by atoms with E-state index >= 15 is 0 Å². The van der Waals surface area contributed by atoms with Gasteiger partial charge in [0.15, 0.2) is 6.29 Å². The zero-order valence-corrected chi connectivity index (χ0v) is 8.37. The summed E-state index contributed by atoms with van der Waals surface area (Å²) in [6, 6.07) is 5.95. The topological polar surface area (TPSA) is 102 Å². The highest BCUT2D eigenvalue weighted by Crippen LogP contribution is 2.29. The van der Waals surface area contributed by atoms with Crippen LogP contribution in [-0.2, 0) is 0 Å². The van der Waals surface area contributed by atoms with E-state index in [0.29, 0.717) is 6.29 Å². The fourth-order valence-electron chi connectivity index (χ4n) is 1.33. The summed E-state index contributed by atoms with van der Waals surface area (Å²) in [5, 5.41) is 37.0. The molecule has 0 fully saturated rings. The first-order valence-electron chi connectivity index (χ1n) is 4.62. The monoisotopic (exact) mass is 221 g/mol. The maximum atomic E-state index is 10.5. The lowest BCUT2D eigenvalue weighted by Crippen LogP contribution is -2.17. The van der Waals surface area contributed by atoms with Gasteiger partial charge >= 0.3 is 0 Å². The number of phenolic OH excluding ortho intramolecular Hbond substituents is 1. The zero-order chi connectivity index (χ0) is 12.1. The van der Waals surface area contributed by atoms with Crippen molar-refractivity contribution in [3.8, 4) is 11.8 Å². The van der Waals surface area contributed by atoms with E-state index in [1.165, 1.54) is 18.2 Å². The average molecular weight is 221 g/mol. The van der Waals surface area contributed by atoms with Gasteiger partial charge in [0.1, 0.15) is 11.9 Å². The Kier molecular flexibility index (Phi) is 4.00. The number of hydrogen-bond acceptors (Lipinski definition) is 5. The molecule has 5 heteroatoms. The smallest absolute Gasteiger partial charge is 0.153 e. The molecule has 5 nitrogen and oxygen atoms in total. The molecule has 0 aliphatic carbocycles. The molecule has 0 saturated carbocycles. The summed E-state index contributed by atoms with van der Waals surface area (Å²) in [7, 11) is 0. The van der Waals surface area contributed by atoms with Gasteiger partial charge in [0.2, 0.25) is 0 Å². The molecule has 0 bridgehead atoms. The van der Waals surface area contributed by atoms with Gasteiger partial charge in [-0.1, -0.05) is 12.1 Å². The number of carbonyl (C=O) groups is 1. The van der Waals surface area contributed by atoms with E-state index in [-0.39, 0.29) is 23.3 Å². The van der Waals surface area contributed by atoms with Crippen LogP contribution in [0.3, 0.4) is 0 Å². The van der Waals surface area contributed by atoms with Crippen LogP contribution in [0.5, 0.6) is 5.75 Å². The first-order valence-corrected chi connectivity index (χ1v) is 4.62. The number of phenols is 1. The number of aliphatic hydroxyl groups excluding tert-OH is 2. The van der Waals surface area contributed by atoms with Crippen molar-refractivity contribution < 1.29 is 20.1 Å². The fraction of sp³-hybridized carbons (Fsp3) is 0.273. The lowest BCUT2D eigenvalue weighted by atomic mass is 9.99. The maximum absolute atomic E-state index is 10.5. The van der Waals surface area contributed by atoms with Crippen LogP contribution in [0.1, 0.15) is 28.4 Å². The van der Waals surface area contributed by atoms with E-state index in [1.54, 1.807) is 6.07 Å². The molecular formula is C11H11NO4. The number of benzene rings is 1. The van der Waals surface area contributed by atoms with Crippen LogP contribution in [0.4, 0.5) is 0 Å². The Hall–Kier alpha value is -1.90. The fourth-order valence-corrected chi connectivity index (χ4v) is 1.33. The highest BCUT2D eigenvalue weighted by molar-refractivity contribution is 5.80. The number of aliphatic hydroxyl groups is 2. The van der Waals surface area contributed by atoms with Gasteiger partial charge in [-0.05, 0) is 6.07 Å². The number of aromatic hydroxyl groups is 1. The molecule has 3 N–H and O–H groups in total. The van der Waals surface area contributed by atoms with Gasteiger partial charge in [0.05, 0.1) is 24.2 Å². The predicted molar refractivity (Wildman–Crippen MR) is 54.7 cm³/mol. The summed E-state index contributed by atoms with van der Waals surface area (Å²) in [5.41, 5.74) is 0.0630. The van der Waals surface area contributed by atoms with Crippen molar-refractivity contribution >= 4 is 6.29 Å². The SMILES string of the molecule is N#CCC(O)C(O)c1cccc(C=O)c1O. The van der Waals surface area contributed by atoms with E-state index in [1.807, 2.05) is 0 Å². The summed E-state index contributed by atoms with van der Waals surface area (Å²) < 4.78 is 0. The molecule has 16 heavy (non-hydrogen) atoms. The largest absolute Gasteiger partial charge is 0.507 e. The predicted octanol–water partition coefficient (Wildman–Crippen LogP) is 0.513. The molecule has 2 atom stereocenters. The number of nitriles is 1. The first kappa shape index (κ1) is 12.2. The van der Waals surface area contributed by atoms with Crippen molar-refractivity contribution in [2.24, 2.45) is 0 Å². The number of hydrogen-bond donors (Lipinski definition) is 3. The van der Waals surface area contributed by atoms with E-state index in [4.69, 9.17) is 5.26 Å². The molecule has 0 amide bonds. The highest BCUT2D eigenvalue weighted by Gasteiger charge is 2.22. The van der Waals surface area contributed by atoms with E-state index < -0.39 is 12.2 Å². The van der Waals surface area contributed by atoms with E-state index in [0.717, 1.165) is 0 Å². The molecule has 1 aromatic rings. The Morgan fingerprint density at radius 3 is 2.69 bits per heavy atom. The van der Waals surface area contributed by atoms with Gasteiger partial charge in [0, 0.05) is 5.56 Å². The maximum Gasteiger partial charge on any atom is 0.153 e. The number of para-hydroxylation sites is 1. The molecule has 0 saturated heterocycles. The van der Waals surface area contributed by atoms with Crippen LogP contribution in [0.2, 0.25) is 0 Å². The lowest BCUT2D eigenvalue weighted by molar-refractivity contribution is 0.0202. The van der Waals surface area contributed by atoms with Crippen molar-refractivity contribution in [1.82, 2.24) is 0 Å². The molecule has 1 aromatic carbocycles. The molecule has 0 aliphatic rings. The summed E-state index contributed by atoms with van der Waals surface area (Å²) in [5.74, 6) is -0.373. The Bertz CT molecular complexity index is 424. The molecular weight excluding hydrogens is 210 g/mol. The third kappa shape index (κ3) is 2.37. The lowest BCUT2D eigenvalue weighted by Gasteiger charge is -2.17. The van der Waals surface area contributed by atoms with Gasteiger partial charge in [-0.2, -0.15) is 5.26 Å². The number of carbonyl (C=O) groups excluding carboxylic acids is 1. The van der Waals surface area contributed by atoms with Crippen LogP contribution < -0.4 is 0 Å². The normalized spacial score (nSPS) is 13.8. The molecule has 0 aromatic heterocycles. The molecule has 84 valence electrons. The minimum Gasteiger partial charge on any atom is -0.507 e. The quantitative estimate of drug-likeness (QED) is 0.643. The third-order valence-corrected chi connectivity index (χ3v) is 2.21. The molecule has 0 spiro atoms. The van der Waals surface area contributed by atoms with Crippen LogP contribution in [0, 0.1) is 11.3 Å². The third-order valence-electron chi connectivity index (χ3n) is 2.21. The van der Waals surface area contributed by atoms with Crippen LogP contribution in [0.25, 0.3) is 0 Å². The van der Waals surface area contributed by atoms with Gasteiger partial charge in [-0.15, -0.1) is 0 Å². The summed E-state index contributed by atoms with van der Waals surface area (Å²) in [6.45, 7) is 0. The molecule has 0 aliphatic heterocycles. The molecule has 2 unspecified atom stereocenters. The second kappa shape index (κ2) is 5.26. The van der Waals surface area contributed by atoms with Crippen molar-refractivity contribution in [2.75, 3.05) is 0 Å². The average Bonchev–Trinajstić information content (AvgIpc) is 2.29. The Morgan fingerprint density at radius 1 is 1.44 bits per heavy atom. The minimum absolute atomic E-state index is 0.0284. The van der Waals surface area contributed by atoms with Gasteiger partial charge in [-0.3, -0.25) is 4.79 Å².